The number of hydrogen-bond acceptors (Lipinski definition) is 5. The smallest absolute Gasteiger partial charge is 0.161 e. The predicted molar refractivity (Wildman–Crippen MR) is 81.0 cm³/mol. The molecule has 1 aromatic rings. The van der Waals surface area contributed by atoms with Crippen molar-refractivity contribution in [2.45, 2.75) is 25.6 Å². The van der Waals surface area contributed by atoms with Crippen LogP contribution in [0.25, 0.3) is 0 Å². The van der Waals surface area contributed by atoms with Crippen molar-refractivity contribution in [1.29, 1.82) is 0 Å². The summed E-state index contributed by atoms with van der Waals surface area (Å²) in [6.45, 7) is 5.27. The van der Waals surface area contributed by atoms with Gasteiger partial charge in [-0.2, -0.15) is 0 Å². The molecule has 2 rings (SSSR count). The highest BCUT2D eigenvalue weighted by Crippen LogP contribution is 2.30. The van der Waals surface area contributed by atoms with Crippen molar-refractivity contribution in [3.63, 3.8) is 0 Å². The fourth-order valence-electron chi connectivity index (χ4n) is 2.66. The molecule has 21 heavy (non-hydrogen) atoms. The van der Waals surface area contributed by atoms with Gasteiger partial charge >= 0.3 is 0 Å². The van der Waals surface area contributed by atoms with Crippen LogP contribution in [0.3, 0.4) is 0 Å². The van der Waals surface area contributed by atoms with E-state index in [-0.39, 0.29) is 6.10 Å². The number of nitrogens with zero attached hydrogens (tertiary/aromatic N) is 1. The summed E-state index contributed by atoms with van der Waals surface area (Å²) in [6.07, 6.45) is 0.670. The first-order valence-electron chi connectivity index (χ1n) is 7.38. The van der Waals surface area contributed by atoms with Gasteiger partial charge in [-0.1, -0.05) is 6.07 Å². The van der Waals surface area contributed by atoms with Gasteiger partial charge in [-0.05, 0) is 31.0 Å². The SMILES string of the molecule is COc1ccc(C(O)CN2CCCOC(C)C2)cc1OC. The summed E-state index contributed by atoms with van der Waals surface area (Å²) in [7, 11) is 3.20. The monoisotopic (exact) mass is 295 g/mol. The summed E-state index contributed by atoms with van der Waals surface area (Å²) in [5, 5.41) is 10.5. The molecule has 0 bridgehead atoms. The van der Waals surface area contributed by atoms with Gasteiger partial charge in [0.15, 0.2) is 11.5 Å². The summed E-state index contributed by atoms with van der Waals surface area (Å²) in [6, 6.07) is 5.54. The molecule has 1 N–H and O–H groups in total. The lowest BCUT2D eigenvalue weighted by Gasteiger charge is -2.25. The summed E-state index contributed by atoms with van der Waals surface area (Å²) in [4.78, 5) is 2.25. The highest BCUT2D eigenvalue weighted by atomic mass is 16.5. The molecule has 0 radical (unpaired) electrons. The van der Waals surface area contributed by atoms with Gasteiger partial charge < -0.3 is 19.3 Å². The average molecular weight is 295 g/mol. The van der Waals surface area contributed by atoms with Gasteiger partial charge in [-0.15, -0.1) is 0 Å². The third kappa shape index (κ3) is 4.33. The third-order valence-corrected chi connectivity index (χ3v) is 3.76. The van der Waals surface area contributed by atoms with Crippen LogP contribution < -0.4 is 9.47 Å². The van der Waals surface area contributed by atoms with Crippen LogP contribution in [0.1, 0.15) is 25.0 Å². The zero-order chi connectivity index (χ0) is 15.2. The number of aliphatic hydroxyl groups excluding tert-OH is 1. The van der Waals surface area contributed by atoms with E-state index in [0.717, 1.165) is 31.7 Å². The van der Waals surface area contributed by atoms with Crippen LogP contribution in [-0.2, 0) is 4.74 Å². The molecule has 1 heterocycles. The van der Waals surface area contributed by atoms with E-state index in [1.54, 1.807) is 14.2 Å². The van der Waals surface area contributed by atoms with Crippen molar-refractivity contribution < 1.29 is 19.3 Å². The van der Waals surface area contributed by atoms with E-state index < -0.39 is 6.10 Å². The van der Waals surface area contributed by atoms with Gasteiger partial charge in [-0.3, -0.25) is 4.90 Å². The Morgan fingerprint density at radius 1 is 1.33 bits per heavy atom. The van der Waals surface area contributed by atoms with Gasteiger partial charge in [0, 0.05) is 26.2 Å². The summed E-state index contributed by atoms with van der Waals surface area (Å²) in [5.41, 5.74) is 0.838. The lowest BCUT2D eigenvalue weighted by atomic mass is 10.1. The van der Waals surface area contributed by atoms with Gasteiger partial charge in [0.1, 0.15) is 0 Å². The van der Waals surface area contributed by atoms with Crippen LogP contribution in [0.4, 0.5) is 0 Å². The molecule has 2 unspecified atom stereocenters. The van der Waals surface area contributed by atoms with Crippen LogP contribution >= 0.6 is 0 Å². The van der Waals surface area contributed by atoms with Gasteiger partial charge in [-0.25, -0.2) is 0 Å². The second kappa shape index (κ2) is 7.64. The quantitative estimate of drug-likeness (QED) is 0.898. The van der Waals surface area contributed by atoms with Crippen molar-refractivity contribution in [1.82, 2.24) is 4.90 Å². The maximum absolute atomic E-state index is 10.5. The first kappa shape index (κ1) is 16.1. The largest absolute Gasteiger partial charge is 0.493 e. The molecule has 2 atom stereocenters. The van der Waals surface area contributed by atoms with E-state index in [2.05, 4.69) is 11.8 Å². The first-order valence-corrected chi connectivity index (χ1v) is 7.38. The van der Waals surface area contributed by atoms with E-state index >= 15 is 0 Å². The van der Waals surface area contributed by atoms with Crippen LogP contribution in [0.5, 0.6) is 11.5 Å². The Hall–Kier alpha value is -1.30. The third-order valence-electron chi connectivity index (χ3n) is 3.76. The first-order chi connectivity index (χ1) is 10.1. The van der Waals surface area contributed by atoms with E-state index in [9.17, 15) is 5.11 Å². The Bertz CT molecular complexity index is 452. The topological polar surface area (TPSA) is 51.2 Å². The molecule has 0 aliphatic carbocycles. The molecular weight excluding hydrogens is 270 g/mol. The highest BCUT2D eigenvalue weighted by molar-refractivity contribution is 5.43. The molecule has 1 aromatic carbocycles. The number of β-amino-alcohol motifs (C(OH)–C–C–N with tert-alkyl or cyclic N) is 1. The summed E-state index contributed by atoms with van der Waals surface area (Å²) >= 11 is 0. The summed E-state index contributed by atoms with van der Waals surface area (Å²) in [5.74, 6) is 1.31. The molecule has 118 valence electrons. The predicted octanol–water partition coefficient (Wildman–Crippen LogP) is 1.85. The maximum atomic E-state index is 10.5. The minimum atomic E-state index is -0.546. The normalized spacial score (nSPS) is 21.6. The Morgan fingerprint density at radius 2 is 2.10 bits per heavy atom. The van der Waals surface area contributed by atoms with Crippen molar-refractivity contribution >= 4 is 0 Å². The van der Waals surface area contributed by atoms with E-state index in [1.165, 1.54) is 0 Å². The van der Waals surface area contributed by atoms with Crippen molar-refractivity contribution in [2.75, 3.05) is 40.5 Å². The van der Waals surface area contributed by atoms with Crippen LogP contribution in [0.2, 0.25) is 0 Å². The number of hydrogen-bond donors (Lipinski definition) is 1. The van der Waals surface area contributed by atoms with E-state index in [4.69, 9.17) is 14.2 Å². The summed E-state index contributed by atoms with van der Waals surface area (Å²) < 4.78 is 16.1. The Balaban J connectivity index is 2.03. The van der Waals surface area contributed by atoms with Gasteiger partial charge in [0.2, 0.25) is 0 Å². The Kier molecular flexibility index (Phi) is 5.85. The molecule has 0 amide bonds. The maximum Gasteiger partial charge on any atom is 0.161 e. The van der Waals surface area contributed by atoms with E-state index in [0.29, 0.717) is 18.0 Å². The average Bonchev–Trinajstić information content (AvgIpc) is 2.70. The molecule has 5 heteroatoms. The van der Waals surface area contributed by atoms with Crippen molar-refractivity contribution in [2.24, 2.45) is 0 Å². The number of benzene rings is 1. The lowest BCUT2D eigenvalue weighted by Crippen LogP contribution is -2.33. The van der Waals surface area contributed by atoms with Crippen molar-refractivity contribution in [3.05, 3.63) is 23.8 Å². The van der Waals surface area contributed by atoms with Gasteiger partial charge in [0.05, 0.1) is 26.4 Å². The molecule has 0 aromatic heterocycles. The fourth-order valence-corrected chi connectivity index (χ4v) is 2.66. The molecule has 0 saturated carbocycles. The molecule has 1 aliphatic heterocycles. The van der Waals surface area contributed by atoms with Crippen LogP contribution in [0.15, 0.2) is 18.2 Å². The van der Waals surface area contributed by atoms with Gasteiger partial charge in [0.25, 0.3) is 0 Å². The standard InChI is InChI=1S/C16H25NO4/c1-12-10-17(7-4-8-21-12)11-14(18)13-5-6-15(19-2)16(9-13)20-3/h5-6,9,12,14,18H,4,7-8,10-11H2,1-3H3. The number of ether oxygens (including phenoxy) is 3. The van der Waals surface area contributed by atoms with E-state index in [1.807, 2.05) is 18.2 Å². The second-order valence-electron chi connectivity index (χ2n) is 5.42. The number of methoxy groups -OCH3 is 2. The van der Waals surface area contributed by atoms with Crippen LogP contribution in [0, 0.1) is 0 Å². The van der Waals surface area contributed by atoms with Crippen LogP contribution in [-0.4, -0.2) is 56.6 Å². The molecule has 5 nitrogen and oxygen atoms in total. The minimum Gasteiger partial charge on any atom is -0.493 e. The molecular formula is C16H25NO4. The zero-order valence-corrected chi connectivity index (χ0v) is 13.0. The minimum absolute atomic E-state index is 0.213. The number of aliphatic hydroxyl groups is 1. The zero-order valence-electron chi connectivity index (χ0n) is 13.0. The second-order valence-corrected chi connectivity index (χ2v) is 5.42. The Labute approximate surface area is 126 Å². The highest BCUT2D eigenvalue weighted by Gasteiger charge is 2.19. The lowest BCUT2D eigenvalue weighted by molar-refractivity contribution is 0.0562. The molecule has 1 fully saturated rings. The Morgan fingerprint density at radius 3 is 2.81 bits per heavy atom. The van der Waals surface area contributed by atoms with Crippen molar-refractivity contribution in [3.8, 4) is 11.5 Å². The molecule has 1 aliphatic rings. The fraction of sp³-hybridized carbons (Fsp3) is 0.625. The molecule has 0 spiro atoms. The number of rotatable bonds is 5. The molecule has 1 saturated heterocycles.